The number of pyridine rings is 1. The average Bonchev–Trinajstić information content (AvgIpc) is 2.50. The van der Waals surface area contributed by atoms with Crippen molar-refractivity contribution in [1.82, 2.24) is 10.3 Å². The summed E-state index contributed by atoms with van der Waals surface area (Å²) >= 11 is 6.13. The van der Waals surface area contributed by atoms with Gasteiger partial charge in [-0.25, -0.2) is 4.79 Å². The molecule has 1 unspecified atom stereocenters. The number of nitrogens with zero attached hydrogens (tertiary/aromatic N) is 1. The smallest absolute Gasteiger partial charge is 0.326 e. The van der Waals surface area contributed by atoms with E-state index < -0.39 is 17.9 Å². The molecule has 5 nitrogen and oxygen atoms in total. The molecule has 0 saturated carbocycles. The summed E-state index contributed by atoms with van der Waals surface area (Å²) in [5, 5.41) is 12.6. The fourth-order valence-electron chi connectivity index (χ4n) is 2.25. The number of halogens is 1. The van der Waals surface area contributed by atoms with Gasteiger partial charge in [0.15, 0.2) is 0 Å². The molecule has 2 aromatic rings. The van der Waals surface area contributed by atoms with Crippen molar-refractivity contribution in [2.75, 3.05) is 0 Å². The van der Waals surface area contributed by atoms with E-state index in [-0.39, 0.29) is 10.6 Å². The van der Waals surface area contributed by atoms with E-state index in [0.29, 0.717) is 17.3 Å². The SMILES string of the molecule is CCCCC(NC(=O)c1c(Cl)ccc2ncccc12)C(=O)O. The lowest BCUT2D eigenvalue weighted by Crippen LogP contribution is -2.40. The molecule has 116 valence electrons. The second kappa shape index (κ2) is 7.22. The summed E-state index contributed by atoms with van der Waals surface area (Å²) in [5.74, 6) is -1.54. The van der Waals surface area contributed by atoms with Gasteiger partial charge in [0.2, 0.25) is 0 Å². The van der Waals surface area contributed by atoms with Crippen LogP contribution < -0.4 is 5.32 Å². The van der Waals surface area contributed by atoms with Gasteiger partial charge in [-0.3, -0.25) is 9.78 Å². The molecule has 1 amide bonds. The highest BCUT2D eigenvalue weighted by Crippen LogP contribution is 2.25. The summed E-state index contributed by atoms with van der Waals surface area (Å²) in [5.41, 5.74) is 0.896. The zero-order valence-corrected chi connectivity index (χ0v) is 12.9. The van der Waals surface area contributed by atoms with Crippen LogP contribution in [0.2, 0.25) is 5.02 Å². The number of carboxylic acids is 1. The van der Waals surface area contributed by atoms with Gasteiger partial charge in [-0.1, -0.05) is 37.4 Å². The Morgan fingerprint density at radius 1 is 1.36 bits per heavy atom. The van der Waals surface area contributed by atoms with Crippen LogP contribution in [0, 0.1) is 0 Å². The lowest BCUT2D eigenvalue weighted by atomic mass is 10.1. The molecule has 0 aliphatic carbocycles. The Morgan fingerprint density at radius 2 is 2.14 bits per heavy atom. The van der Waals surface area contributed by atoms with Crippen LogP contribution in [-0.2, 0) is 4.79 Å². The molecule has 2 rings (SSSR count). The molecule has 6 heteroatoms. The van der Waals surface area contributed by atoms with E-state index in [2.05, 4.69) is 10.3 Å². The molecule has 1 aromatic heterocycles. The number of amides is 1. The Hall–Kier alpha value is -2.14. The minimum absolute atomic E-state index is 0.259. The number of carboxylic acid groups (broad SMARTS) is 1. The molecular weight excluding hydrogens is 304 g/mol. The van der Waals surface area contributed by atoms with Crippen molar-refractivity contribution in [2.24, 2.45) is 0 Å². The lowest BCUT2D eigenvalue weighted by Gasteiger charge is -2.15. The minimum atomic E-state index is -1.05. The van der Waals surface area contributed by atoms with Crippen LogP contribution in [0.25, 0.3) is 10.9 Å². The van der Waals surface area contributed by atoms with E-state index in [1.165, 1.54) is 0 Å². The van der Waals surface area contributed by atoms with Crippen molar-refractivity contribution in [2.45, 2.75) is 32.2 Å². The van der Waals surface area contributed by atoms with Gasteiger partial charge in [0.25, 0.3) is 5.91 Å². The van der Waals surface area contributed by atoms with E-state index >= 15 is 0 Å². The van der Waals surface area contributed by atoms with Crippen LogP contribution in [0.15, 0.2) is 30.5 Å². The van der Waals surface area contributed by atoms with Gasteiger partial charge in [-0.05, 0) is 24.6 Å². The zero-order chi connectivity index (χ0) is 16.1. The maximum atomic E-state index is 12.5. The zero-order valence-electron chi connectivity index (χ0n) is 12.2. The van der Waals surface area contributed by atoms with Gasteiger partial charge in [-0.2, -0.15) is 0 Å². The van der Waals surface area contributed by atoms with E-state index in [9.17, 15) is 14.7 Å². The fourth-order valence-corrected chi connectivity index (χ4v) is 2.50. The largest absolute Gasteiger partial charge is 0.480 e. The number of carbonyl (C=O) groups excluding carboxylic acids is 1. The third-order valence-electron chi connectivity index (χ3n) is 3.41. The highest BCUT2D eigenvalue weighted by molar-refractivity contribution is 6.35. The fraction of sp³-hybridized carbons (Fsp3) is 0.312. The highest BCUT2D eigenvalue weighted by atomic mass is 35.5. The normalized spacial score (nSPS) is 12.1. The third-order valence-corrected chi connectivity index (χ3v) is 3.73. The Balaban J connectivity index is 2.32. The number of hydrogen-bond donors (Lipinski definition) is 2. The predicted molar refractivity (Wildman–Crippen MR) is 85.2 cm³/mol. The Bertz CT molecular complexity index is 703. The van der Waals surface area contributed by atoms with Gasteiger partial charge in [-0.15, -0.1) is 0 Å². The molecule has 0 fully saturated rings. The summed E-state index contributed by atoms with van der Waals surface area (Å²) in [6.07, 6.45) is 3.60. The second-order valence-electron chi connectivity index (χ2n) is 5.00. The van der Waals surface area contributed by atoms with Crippen LogP contribution in [0.4, 0.5) is 0 Å². The second-order valence-corrected chi connectivity index (χ2v) is 5.41. The Labute approximate surface area is 133 Å². The van der Waals surface area contributed by atoms with E-state index in [1.54, 1.807) is 30.5 Å². The molecule has 0 radical (unpaired) electrons. The summed E-state index contributed by atoms with van der Waals surface area (Å²) < 4.78 is 0. The number of unbranched alkanes of at least 4 members (excludes halogenated alkanes) is 1. The van der Waals surface area contributed by atoms with Gasteiger partial charge in [0.1, 0.15) is 6.04 Å². The molecule has 0 bridgehead atoms. The van der Waals surface area contributed by atoms with Crippen LogP contribution in [0.5, 0.6) is 0 Å². The molecule has 0 spiro atoms. The van der Waals surface area contributed by atoms with E-state index in [0.717, 1.165) is 12.8 Å². The summed E-state index contributed by atoms with van der Waals surface area (Å²) in [4.78, 5) is 27.9. The molecule has 22 heavy (non-hydrogen) atoms. The first-order valence-electron chi connectivity index (χ1n) is 7.11. The van der Waals surface area contributed by atoms with Crippen molar-refractivity contribution in [3.05, 3.63) is 41.0 Å². The van der Waals surface area contributed by atoms with Gasteiger partial charge >= 0.3 is 5.97 Å². The topological polar surface area (TPSA) is 79.3 Å². The number of aliphatic carboxylic acids is 1. The Morgan fingerprint density at radius 3 is 2.82 bits per heavy atom. The van der Waals surface area contributed by atoms with Crippen molar-refractivity contribution in [3.8, 4) is 0 Å². The maximum absolute atomic E-state index is 12.5. The highest BCUT2D eigenvalue weighted by Gasteiger charge is 2.22. The number of benzene rings is 1. The van der Waals surface area contributed by atoms with E-state index in [4.69, 9.17) is 11.6 Å². The number of nitrogens with one attached hydrogen (secondary N) is 1. The number of rotatable bonds is 6. The third kappa shape index (κ3) is 3.54. The molecule has 1 atom stereocenters. The first-order valence-corrected chi connectivity index (χ1v) is 7.49. The Kier molecular flexibility index (Phi) is 5.33. The predicted octanol–water partition coefficient (Wildman–Crippen LogP) is 3.26. The first-order chi connectivity index (χ1) is 10.5. The number of fused-ring (bicyclic) bond motifs is 1. The van der Waals surface area contributed by atoms with Crippen LogP contribution in [0.3, 0.4) is 0 Å². The van der Waals surface area contributed by atoms with Gasteiger partial charge in [0, 0.05) is 11.6 Å². The van der Waals surface area contributed by atoms with Crippen molar-refractivity contribution in [1.29, 1.82) is 0 Å². The number of aromatic nitrogens is 1. The summed E-state index contributed by atoms with van der Waals surface area (Å²) in [7, 11) is 0. The molecule has 1 heterocycles. The first kappa shape index (κ1) is 16.2. The summed E-state index contributed by atoms with van der Waals surface area (Å²) in [6.45, 7) is 1.97. The molecule has 1 aromatic carbocycles. The van der Waals surface area contributed by atoms with Crippen molar-refractivity contribution < 1.29 is 14.7 Å². The maximum Gasteiger partial charge on any atom is 0.326 e. The van der Waals surface area contributed by atoms with Gasteiger partial charge < -0.3 is 10.4 Å². The van der Waals surface area contributed by atoms with Crippen molar-refractivity contribution >= 4 is 34.4 Å². The standard InChI is InChI=1S/C16H17ClN2O3/c1-2-3-6-13(16(21)22)19-15(20)14-10-5-4-9-18-12(10)8-7-11(14)17/h4-5,7-9,13H,2-3,6H2,1H3,(H,19,20)(H,21,22). The molecule has 0 aliphatic rings. The van der Waals surface area contributed by atoms with Crippen LogP contribution in [-0.4, -0.2) is 28.0 Å². The molecule has 0 saturated heterocycles. The van der Waals surface area contributed by atoms with E-state index in [1.807, 2.05) is 6.92 Å². The quantitative estimate of drug-likeness (QED) is 0.856. The lowest BCUT2D eigenvalue weighted by molar-refractivity contribution is -0.139. The summed E-state index contributed by atoms with van der Waals surface area (Å²) in [6, 6.07) is 5.84. The van der Waals surface area contributed by atoms with Gasteiger partial charge in [0.05, 0.1) is 16.1 Å². The van der Waals surface area contributed by atoms with Crippen LogP contribution >= 0.6 is 11.6 Å². The van der Waals surface area contributed by atoms with Crippen LogP contribution in [0.1, 0.15) is 36.5 Å². The minimum Gasteiger partial charge on any atom is -0.480 e. The number of carbonyl (C=O) groups is 2. The average molecular weight is 321 g/mol. The molecule has 0 aliphatic heterocycles. The number of hydrogen-bond acceptors (Lipinski definition) is 3. The molecule has 2 N–H and O–H groups in total. The molecular formula is C16H17ClN2O3. The monoisotopic (exact) mass is 320 g/mol. The van der Waals surface area contributed by atoms with Crippen molar-refractivity contribution in [3.63, 3.8) is 0 Å².